The number of benzene rings is 2. The second kappa shape index (κ2) is 9.86. The van der Waals surface area contributed by atoms with Crippen molar-refractivity contribution in [3.8, 4) is 0 Å². The Kier molecular flexibility index (Phi) is 7.23. The maximum absolute atomic E-state index is 12.7. The van der Waals surface area contributed by atoms with Crippen LogP contribution in [-0.4, -0.2) is 44.2 Å². The van der Waals surface area contributed by atoms with Crippen molar-refractivity contribution in [2.75, 3.05) is 25.0 Å². The molecule has 1 aliphatic heterocycles. The average Bonchev–Trinajstić information content (AvgIpc) is 2.74. The Labute approximate surface area is 177 Å². The van der Waals surface area contributed by atoms with E-state index >= 15 is 0 Å². The van der Waals surface area contributed by atoms with Crippen LogP contribution < -0.4 is 10.6 Å². The van der Waals surface area contributed by atoms with Crippen LogP contribution in [0.3, 0.4) is 0 Å². The molecule has 0 spiro atoms. The average molecular weight is 430 g/mol. The van der Waals surface area contributed by atoms with Crippen molar-refractivity contribution in [2.45, 2.75) is 31.1 Å². The molecule has 1 saturated heterocycles. The Hall–Kier alpha value is -2.71. The molecule has 1 fully saturated rings. The molecule has 0 atom stereocenters. The number of rotatable bonds is 7. The van der Waals surface area contributed by atoms with E-state index in [1.165, 1.54) is 11.2 Å². The number of sulfonamides is 1. The highest BCUT2D eigenvalue weighted by atomic mass is 32.2. The lowest BCUT2D eigenvalue weighted by Gasteiger charge is -2.31. The van der Waals surface area contributed by atoms with Crippen molar-refractivity contribution in [1.82, 2.24) is 9.62 Å². The third kappa shape index (κ3) is 5.90. The molecule has 2 N–H and O–H groups in total. The van der Waals surface area contributed by atoms with E-state index in [2.05, 4.69) is 10.6 Å². The van der Waals surface area contributed by atoms with E-state index in [0.717, 1.165) is 18.4 Å². The quantitative estimate of drug-likeness (QED) is 0.707. The van der Waals surface area contributed by atoms with Crippen LogP contribution in [0.1, 0.15) is 25.3 Å². The summed E-state index contributed by atoms with van der Waals surface area (Å²) in [6.07, 6.45) is 1.71. The number of hydrogen-bond acceptors (Lipinski definition) is 4. The van der Waals surface area contributed by atoms with Crippen molar-refractivity contribution in [3.05, 3.63) is 60.2 Å². The predicted octanol–water partition coefficient (Wildman–Crippen LogP) is 2.40. The molecule has 0 unspecified atom stereocenters. The van der Waals surface area contributed by atoms with Crippen LogP contribution in [0.2, 0.25) is 0 Å². The van der Waals surface area contributed by atoms with Crippen molar-refractivity contribution in [2.24, 2.45) is 5.92 Å². The maximum Gasteiger partial charge on any atom is 0.243 e. The first kappa shape index (κ1) is 22.0. The summed E-state index contributed by atoms with van der Waals surface area (Å²) in [4.78, 5) is 23.6. The normalized spacial score (nSPS) is 15.5. The summed E-state index contributed by atoms with van der Waals surface area (Å²) in [5.41, 5.74) is 1.56. The van der Waals surface area contributed by atoms with E-state index in [1.54, 1.807) is 42.5 Å². The number of anilines is 1. The van der Waals surface area contributed by atoms with Crippen LogP contribution >= 0.6 is 0 Å². The molecule has 2 amide bonds. The molecule has 0 bridgehead atoms. The standard InChI is InChI=1S/C22H27N3O4S/c1-17(26)24-20-9-7-18(8-10-20)15-22(27)23-16-19-11-13-25(14-12-19)30(28,29)21-5-3-2-4-6-21/h2-10,19H,11-16H2,1H3,(H,23,27)(H,24,26). The third-order valence-corrected chi connectivity index (χ3v) is 7.09. The van der Waals surface area contributed by atoms with E-state index in [4.69, 9.17) is 0 Å². The van der Waals surface area contributed by atoms with Gasteiger partial charge >= 0.3 is 0 Å². The van der Waals surface area contributed by atoms with Crippen molar-refractivity contribution in [3.63, 3.8) is 0 Å². The number of amides is 2. The molecule has 2 aromatic rings. The molecule has 0 saturated carbocycles. The van der Waals surface area contributed by atoms with Crippen LogP contribution in [-0.2, 0) is 26.0 Å². The first-order chi connectivity index (χ1) is 14.3. The van der Waals surface area contributed by atoms with Gasteiger partial charge in [-0.25, -0.2) is 8.42 Å². The van der Waals surface area contributed by atoms with Gasteiger partial charge in [-0.3, -0.25) is 9.59 Å². The molecule has 2 aromatic carbocycles. The van der Waals surface area contributed by atoms with E-state index in [9.17, 15) is 18.0 Å². The lowest BCUT2D eigenvalue weighted by molar-refractivity contribution is -0.120. The van der Waals surface area contributed by atoms with Gasteiger partial charge in [-0.1, -0.05) is 30.3 Å². The molecule has 3 rings (SSSR count). The highest BCUT2D eigenvalue weighted by Gasteiger charge is 2.29. The van der Waals surface area contributed by atoms with Gasteiger partial charge in [0.2, 0.25) is 21.8 Å². The Morgan fingerprint density at radius 3 is 2.23 bits per heavy atom. The van der Waals surface area contributed by atoms with Gasteiger partial charge in [0, 0.05) is 32.2 Å². The molecular weight excluding hydrogens is 402 g/mol. The van der Waals surface area contributed by atoms with Crippen LogP contribution in [0.25, 0.3) is 0 Å². The van der Waals surface area contributed by atoms with Gasteiger partial charge in [0.25, 0.3) is 0 Å². The summed E-state index contributed by atoms with van der Waals surface area (Å²) in [5.74, 6) is 0.0584. The number of nitrogens with one attached hydrogen (secondary N) is 2. The topological polar surface area (TPSA) is 95.6 Å². The fourth-order valence-corrected chi connectivity index (χ4v) is 5.00. The molecule has 30 heavy (non-hydrogen) atoms. The molecule has 1 heterocycles. The van der Waals surface area contributed by atoms with E-state index in [1.807, 2.05) is 12.1 Å². The minimum absolute atomic E-state index is 0.0680. The zero-order valence-corrected chi connectivity index (χ0v) is 17.8. The fraction of sp³-hybridized carbons (Fsp3) is 0.364. The smallest absolute Gasteiger partial charge is 0.243 e. The first-order valence-electron chi connectivity index (χ1n) is 10.0. The van der Waals surface area contributed by atoms with Crippen LogP contribution in [0, 0.1) is 5.92 Å². The number of carbonyl (C=O) groups is 2. The first-order valence-corrected chi connectivity index (χ1v) is 11.5. The van der Waals surface area contributed by atoms with Gasteiger partial charge < -0.3 is 10.6 Å². The Bertz CT molecular complexity index is 967. The largest absolute Gasteiger partial charge is 0.356 e. The zero-order chi connectivity index (χ0) is 21.6. The van der Waals surface area contributed by atoms with E-state index in [-0.39, 0.29) is 24.2 Å². The second-order valence-electron chi connectivity index (χ2n) is 7.52. The zero-order valence-electron chi connectivity index (χ0n) is 17.0. The minimum atomic E-state index is -3.45. The predicted molar refractivity (Wildman–Crippen MR) is 115 cm³/mol. The van der Waals surface area contributed by atoms with Gasteiger partial charge in [-0.15, -0.1) is 0 Å². The fourth-order valence-electron chi connectivity index (χ4n) is 3.51. The van der Waals surface area contributed by atoms with Crippen molar-refractivity contribution >= 4 is 27.5 Å². The van der Waals surface area contributed by atoms with E-state index < -0.39 is 10.0 Å². The van der Waals surface area contributed by atoms with Crippen LogP contribution in [0.15, 0.2) is 59.5 Å². The summed E-state index contributed by atoms with van der Waals surface area (Å²) < 4.78 is 26.9. The third-order valence-electron chi connectivity index (χ3n) is 5.18. The highest BCUT2D eigenvalue weighted by molar-refractivity contribution is 7.89. The molecule has 7 nitrogen and oxygen atoms in total. The summed E-state index contributed by atoms with van der Waals surface area (Å²) in [6, 6.07) is 15.7. The number of piperidine rings is 1. The summed E-state index contributed by atoms with van der Waals surface area (Å²) in [6.45, 7) is 2.91. The van der Waals surface area contributed by atoms with Crippen LogP contribution in [0.5, 0.6) is 0 Å². The Morgan fingerprint density at radius 1 is 1.00 bits per heavy atom. The van der Waals surface area contributed by atoms with Gasteiger partial charge in [-0.2, -0.15) is 4.31 Å². The molecule has 160 valence electrons. The molecular formula is C22H27N3O4S. The number of hydrogen-bond donors (Lipinski definition) is 2. The van der Waals surface area contributed by atoms with Crippen molar-refractivity contribution < 1.29 is 18.0 Å². The van der Waals surface area contributed by atoms with Gasteiger partial charge in [0.15, 0.2) is 0 Å². The number of carbonyl (C=O) groups excluding carboxylic acids is 2. The summed E-state index contributed by atoms with van der Waals surface area (Å²) in [7, 11) is -3.45. The molecule has 0 aliphatic carbocycles. The van der Waals surface area contributed by atoms with E-state index in [0.29, 0.717) is 30.2 Å². The summed E-state index contributed by atoms with van der Waals surface area (Å²) >= 11 is 0. The Morgan fingerprint density at radius 2 is 1.63 bits per heavy atom. The van der Waals surface area contributed by atoms with Gasteiger partial charge in [-0.05, 0) is 48.6 Å². The highest BCUT2D eigenvalue weighted by Crippen LogP contribution is 2.23. The molecule has 0 radical (unpaired) electrons. The molecule has 1 aliphatic rings. The van der Waals surface area contributed by atoms with Gasteiger partial charge in [0.05, 0.1) is 11.3 Å². The second-order valence-corrected chi connectivity index (χ2v) is 9.46. The van der Waals surface area contributed by atoms with Crippen molar-refractivity contribution in [1.29, 1.82) is 0 Å². The monoisotopic (exact) mass is 429 g/mol. The SMILES string of the molecule is CC(=O)Nc1ccc(CC(=O)NCC2CCN(S(=O)(=O)c3ccccc3)CC2)cc1. The lowest BCUT2D eigenvalue weighted by Crippen LogP contribution is -2.41. The molecule has 0 aromatic heterocycles. The summed E-state index contributed by atoms with van der Waals surface area (Å²) in [5, 5.41) is 5.65. The number of nitrogens with zero attached hydrogens (tertiary/aromatic N) is 1. The van der Waals surface area contributed by atoms with Crippen LogP contribution in [0.4, 0.5) is 5.69 Å². The molecule has 8 heteroatoms. The maximum atomic E-state index is 12.7. The van der Waals surface area contributed by atoms with Gasteiger partial charge in [0.1, 0.15) is 0 Å². The lowest BCUT2D eigenvalue weighted by atomic mass is 9.98. The minimum Gasteiger partial charge on any atom is -0.356 e. The Balaban J connectivity index is 1.43.